The van der Waals surface area contributed by atoms with Gasteiger partial charge in [-0.05, 0) is 17.7 Å². The summed E-state index contributed by atoms with van der Waals surface area (Å²) in [6.45, 7) is 1.77. The highest BCUT2D eigenvalue weighted by Crippen LogP contribution is 2.15. The lowest BCUT2D eigenvalue weighted by molar-refractivity contribution is 0.773. The fourth-order valence-corrected chi connectivity index (χ4v) is 0.883. The van der Waals surface area contributed by atoms with Crippen LogP contribution in [0.3, 0.4) is 0 Å². The molecule has 0 spiro atoms. The fourth-order valence-electron chi connectivity index (χ4n) is 0.771. The van der Waals surface area contributed by atoms with Gasteiger partial charge in [-0.2, -0.15) is 0 Å². The van der Waals surface area contributed by atoms with Crippen molar-refractivity contribution >= 4 is 11.6 Å². The summed E-state index contributed by atoms with van der Waals surface area (Å²) in [5.41, 5.74) is 8.88. The maximum Gasteiger partial charge on any atom is 0.0769 e. The molecule has 0 aliphatic carbocycles. The molecule has 0 saturated heterocycles. The smallest absolute Gasteiger partial charge is 0.0769 e. The van der Waals surface area contributed by atoms with Crippen molar-refractivity contribution in [3.63, 3.8) is 0 Å². The number of azide groups is 1. The zero-order valence-electron chi connectivity index (χ0n) is 6.48. The first-order chi connectivity index (χ1) is 5.74. The summed E-state index contributed by atoms with van der Waals surface area (Å²) >= 11 is 5.63. The predicted octanol–water partition coefficient (Wildman–Crippen LogP) is 3.11. The molecule has 5 heteroatoms. The maximum atomic E-state index is 8.16. The Bertz CT molecular complexity index is 302. The monoisotopic (exact) mass is 182 g/mol. The van der Waals surface area contributed by atoms with Gasteiger partial charge in [0.1, 0.15) is 0 Å². The van der Waals surface area contributed by atoms with E-state index in [-0.39, 0.29) is 6.04 Å². The molecular weight excluding hydrogens is 176 g/mol. The van der Waals surface area contributed by atoms with Crippen molar-refractivity contribution in [3.8, 4) is 0 Å². The highest BCUT2D eigenvalue weighted by atomic mass is 35.5. The summed E-state index contributed by atoms with van der Waals surface area (Å²) in [5, 5.41) is 4.08. The van der Waals surface area contributed by atoms with Crippen molar-refractivity contribution in [2.45, 2.75) is 13.0 Å². The van der Waals surface area contributed by atoms with E-state index >= 15 is 0 Å². The van der Waals surface area contributed by atoms with Crippen LogP contribution < -0.4 is 0 Å². The zero-order chi connectivity index (χ0) is 8.97. The summed E-state index contributed by atoms with van der Waals surface area (Å²) in [6, 6.07) is 3.21. The Morgan fingerprint density at radius 1 is 1.67 bits per heavy atom. The lowest BCUT2D eigenvalue weighted by atomic mass is 10.2. The molecule has 0 aliphatic rings. The third-order valence-corrected chi connectivity index (χ3v) is 1.63. The van der Waals surface area contributed by atoms with Crippen LogP contribution in [0.5, 0.6) is 0 Å². The molecule has 4 nitrogen and oxygen atoms in total. The van der Waals surface area contributed by atoms with E-state index in [1.54, 1.807) is 19.1 Å². The van der Waals surface area contributed by atoms with Crippen LogP contribution in [0.1, 0.15) is 18.7 Å². The minimum atomic E-state index is -0.243. The molecule has 62 valence electrons. The zero-order valence-corrected chi connectivity index (χ0v) is 7.23. The van der Waals surface area contributed by atoms with E-state index < -0.39 is 0 Å². The molecule has 1 atom stereocenters. The maximum absolute atomic E-state index is 8.16. The van der Waals surface area contributed by atoms with Crippen molar-refractivity contribution in [2.75, 3.05) is 0 Å². The molecule has 1 aromatic heterocycles. The first-order valence-corrected chi connectivity index (χ1v) is 3.77. The molecule has 0 amide bonds. The molecule has 0 aliphatic heterocycles. The van der Waals surface area contributed by atoms with Crippen molar-refractivity contribution in [2.24, 2.45) is 5.11 Å². The van der Waals surface area contributed by atoms with Crippen LogP contribution in [0, 0.1) is 0 Å². The first kappa shape index (κ1) is 8.84. The van der Waals surface area contributed by atoms with E-state index in [1.165, 1.54) is 6.20 Å². The summed E-state index contributed by atoms with van der Waals surface area (Å²) in [5.74, 6) is 0. The van der Waals surface area contributed by atoms with Crippen molar-refractivity contribution < 1.29 is 0 Å². The molecule has 0 aromatic carbocycles. The van der Waals surface area contributed by atoms with E-state index in [0.29, 0.717) is 5.02 Å². The number of nitrogens with zero attached hydrogens (tertiary/aromatic N) is 4. The highest BCUT2D eigenvalue weighted by Gasteiger charge is 2.02. The van der Waals surface area contributed by atoms with Gasteiger partial charge in [0.25, 0.3) is 0 Å². The molecule has 0 N–H and O–H groups in total. The van der Waals surface area contributed by atoms with E-state index in [0.717, 1.165) is 5.69 Å². The van der Waals surface area contributed by atoms with Crippen LogP contribution in [-0.2, 0) is 0 Å². The SMILES string of the molecule is CC(N=[N+]=[N-])c1ccc(Cl)cn1. The Hall–Kier alpha value is -1.25. The number of rotatable bonds is 2. The van der Waals surface area contributed by atoms with Crippen LogP contribution in [0.25, 0.3) is 10.4 Å². The Labute approximate surface area is 74.8 Å². The summed E-state index contributed by atoms with van der Waals surface area (Å²) in [6.07, 6.45) is 1.53. The van der Waals surface area contributed by atoms with Crippen LogP contribution in [-0.4, -0.2) is 4.98 Å². The van der Waals surface area contributed by atoms with Gasteiger partial charge in [-0.15, -0.1) is 0 Å². The van der Waals surface area contributed by atoms with Gasteiger partial charge in [-0.3, -0.25) is 4.98 Å². The van der Waals surface area contributed by atoms with Crippen LogP contribution >= 0.6 is 11.6 Å². The van der Waals surface area contributed by atoms with E-state index in [9.17, 15) is 0 Å². The Balaban J connectivity index is 2.89. The lowest BCUT2D eigenvalue weighted by Gasteiger charge is -2.01. The predicted molar refractivity (Wildman–Crippen MR) is 46.8 cm³/mol. The Morgan fingerprint density at radius 2 is 2.42 bits per heavy atom. The van der Waals surface area contributed by atoms with Crippen molar-refractivity contribution in [3.05, 3.63) is 39.5 Å². The number of hydrogen-bond acceptors (Lipinski definition) is 2. The van der Waals surface area contributed by atoms with Gasteiger partial charge >= 0.3 is 0 Å². The van der Waals surface area contributed by atoms with Crippen molar-refractivity contribution in [1.82, 2.24) is 4.98 Å². The summed E-state index contributed by atoms with van der Waals surface area (Å²) < 4.78 is 0. The highest BCUT2D eigenvalue weighted by molar-refractivity contribution is 6.30. The number of hydrogen-bond donors (Lipinski definition) is 0. The Morgan fingerprint density at radius 3 is 2.92 bits per heavy atom. The van der Waals surface area contributed by atoms with Crippen LogP contribution in [0.2, 0.25) is 5.02 Å². The fraction of sp³-hybridized carbons (Fsp3) is 0.286. The molecule has 1 rings (SSSR count). The van der Waals surface area contributed by atoms with E-state index in [2.05, 4.69) is 15.0 Å². The Kier molecular flexibility index (Phi) is 2.91. The standard InChI is InChI=1S/C7H7ClN4/c1-5(11-12-9)7-3-2-6(8)4-10-7/h2-5H,1H3. The minimum absolute atomic E-state index is 0.243. The molecular formula is C7H7ClN4. The topological polar surface area (TPSA) is 61.7 Å². The molecule has 0 saturated carbocycles. The van der Waals surface area contributed by atoms with Crippen LogP contribution in [0.15, 0.2) is 23.4 Å². The van der Waals surface area contributed by atoms with Gasteiger partial charge in [0.05, 0.1) is 11.1 Å². The van der Waals surface area contributed by atoms with E-state index in [1.807, 2.05) is 0 Å². The number of halogens is 1. The molecule has 1 heterocycles. The number of aromatic nitrogens is 1. The first-order valence-electron chi connectivity index (χ1n) is 3.39. The largest absolute Gasteiger partial charge is 0.259 e. The quantitative estimate of drug-likeness (QED) is 0.394. The van der Waals surface area contributed by atoms with Gasteiger partial charge in [-0.1, -0.05) is 23.6 Å². The lowest BCUT2D eigenvalue weighted by Crippen LogP contribution is -1.91. The summed E-state index contributed by atoms with van der Waals surface area (Å²) in [7, 11) is 0. The molecule has 12 heavy (non-hydrogen) atoms. The van der Waals surface area contributed by atoms with Crippen molar-refractivity contribution in [1.29, 1.82) is 0 Å². The number of pyridine rings is 1. The molecule has 1 unspecified atom stereocenters. The van der Waals surface area contributed by atoms with Crippen LogP contribution in [0.4, 0.5) is 0 Å². The molecule has 0 bridgehead atoms. The second-order valence-corrected chi connectivity index (χ2v) is 2.72. The third kappa shape index (κ3) is 2.12. The van der Waals surface area contributed by atoms with E-state index in [4.69, 9.17) is 17.1 Å². The van der Waals surface area contributed by atoms with Gasteiger partial charge in [0.2, 0.25) is 0 Å². The van der Waals surface area contributed by atoms with Gasteiger partial charge in [0, 0.05) is 16.8 Å². The molecule has 0 fully saturated rings. The molecule has 0 radical (unpaired) electrons. The summed E-state index contributed by atoms with van der Waals surface area (Å²) in [4.78, 5) is 6.69. The second-order valence-electron chi connectivity index (χ2n) is 2.28. The van der Waals surface area contributed by atoms with Gasteiger partial charge < -0.3 is 0 Å². The second kappa shape index (κ2) is 3.95. The third-order valence-electron chi connectivity index (χ3n) is 1.40. The molecule has 1 aromatic rings. The minimum Gasteiger partial charge on any atom is -0.259 e. The average molecular weight is 183 g/mol. The van der Waals surface area contributed by atoms with Gasteiger partial charge in [-0.25, -0.2) is 0 Å². The average Bonchev–Trinajstić information content (AvgIpc) is 2.06. The van der Waals surface area contributed by atoms with Gasteiger partial charge in [0.15, 0.2) is 0 Å². The normalized spacial score (nSPS) is 11.8.